The molecule has 0 aliphatic carbocycles. The van der Waals surface area contributed by atoms with E-state index < -0.39 is 0 Å². The molecule has 1 spiro atoms. The van der Waals surface area contributed by atoms with Crippen LogP contribution in [0.4, 0.5) is 5.69 Å². The van der Waals surface area contributed by atoms with E-state index in [1.54, 1.807) is 0 Å². The molecule has 25 heavy (non-hydrogen) atoms. The molecule has 1 amide bonds. The lowest BCUT2D eigenvalue weighted by Crippen LogP contribution is -2.68. The smallest absolute Gasteiger partial charge is 0.246 e. The molecule has 3 aliphatic rings. The first-order chi connectivity index (χ1) is 12.2. The summed E-state index contributed by atoms with van der Waals surface area (Å²) in [4.78, 5) is 20.2. The van der Waals surface area contributed by atoms with Crippen LogP contribution in [0.5, 0.6) is 0 Å². The van der Waals surface area contributed by atoms with Crippen molar-refractivity contribution in [3.63, 3.8) is 0 Å². The second-order valence-electron chi connectivity index (χ2n) is 7.64. The zero-order valence-electron chi connectivity index (χ0n) is 15.3. The van der Waals surface area contributed by atoms with E-state index in [4.69, 9.17) is 0 Å². The Kier molecular flexibility index (Phi) is 4.22. The lowest BCUT2D eigenvalue weighted by Gasteiger charge is -2.57. The largest absolute Gasteiger partial charge is 0.371 e. The third kappa shape index (κ3) is 2.54. The van der Waals surface area contributed by atoms with Gasteiger partial charge in [0.15, 0.2) is 0 Å². The highest BCUT2D eigenvalue weighted by atomic mass is 16.2. The first kappa shape index (κ1) is 16.5. The number of benzene rings is 1. The molecule has 4 heteroatoms. The fourth-order valence-electron chi connectivity index (χ4n) is 5.04. The van der Waals surface area contributed by atoms with Crippen LogP contribution in [0.15, 0.2) is 42.6 Å². The second-order valence-corrected chi connectivity index (χ2v) is 7.64. The molecule has 0 aromatic heterocycles. The van der Waals surface area contributed by atoms with Crippen LogP contribution in [-0.2, 0) is 4.79 Å². The molecule has 1 unspecified atom stereocenters. The number of fused-ring (bicyclic) bond motifs is 1. The molecule has 0 saturated carbocycles. The average molecular weight is 339 g/mol. The number of hydrogen-bond acceptors (Lipinski definition) is 3. The van der Waals surface area contributed by atoms with Crippen LogP contribution < -0.4 is 4.90 Å². The van der Waals surface area contributed by atoms with E-state index in [1.807, 2.05) is 0 Å². The van der Waals surface area contributed by atoms with E-state index >= 15 is 0 Å². The highest BCUT2D eigenvalue weighted by molar-refractivity contribution is 5.85. The molecular weight excluding hydrogens is 310 g/mol. The van der Waals surface area contributed by atoms with Gasteiger partial charge in [-0.1, -0.05) is 31.7 Å². The molecule has 1 atom stereocenters. The molecule has 4 rings (SSSR count). The third-order valence-electron chi connectivity index (χ3n) is 6.36. The zero-order valence-corrected chi connectivity index (χ0v) is 15.3. The number of nitrogens with zero attached hydrogens (tertiary/aromatic N) is 3. The molecule has 1 aromatic carbocycles. The fourth-order valence-corrected chi connectivity index (χ4v) is 5.04. The minimum Gasteiger partial charge on any atom is -0.371 e. The molecule has 3 aliphatic heterocycles. The maximum atomic E-state index is 13.2. The second kappa shape index (κ2) is 6.40. The molecule has 1 aromatic rings. The van der Waals surface area contributed by atoms with Gasteiger partial charge in [-0.05, 0) is 44.2 Å². The van der Waals surface area contributed by atoms with E-state index in [1.165, 1.54) is 11.4 Å². The van der Waals surface area contributed by atoms with E-state index in [0.29, 0.717) is 5.91 Å². The number of hydrogen-bond donors (Lipinski definition) is 0. The van der Waals surface area contributed by atoms with Crippen LogP contribution in [0.25, 0.3) is 0 Å². The van der Waals surface area contributed by atoms with E-state index in [0.717, 1.165) is 58.3 Å². The Morgan fingerprint density at radius 2 is 1.88 bits per heavy atom. The van der Waals surface area contributed by atoms with Gasteiger partial charge in [-0.3, -0.25) is 4.79 Å². The molecule has 4 nitrogen and oxygen atoms in total. The van der Waals surface area contributed by atoms with Crippen molar-refractivity contribution in [3.8, 4) is 0 Å². The monoisotopic (exact) mass is 339 g/mol. The van der Waals surface area contributed by atoms with E-state index in [9.17, 15) is 4.79 Å². The summed E-state index contributed by atoms with van der Waals surface area (Å²) >= 11 is 0. The summed E-state index contributed by atoms with van der Waals surface area (Å²) in [5, 5.41) is 0. The number of carbonyl (C=O) groups excluding carboxylic acids is 1. The Morgan fingerprint density at radius 3 is 2.56 bits per heavy atom. The summed E-state index contributed by atoms with van der Waals surface area (Å²) in [6.07, 6.45) is 5.08. The van der Waals surface area contributed by atoms with Crippen molar-refractivity contribution in [2.45, 2.75) is 50.6 Å². The Bertz CT molecular complexity index is 648. The van der Waals surface area contributed by atoms with Crippen LogP contribution in [-0.4, -0.2) is 53.5 Å². The minimum absolute atomic E-state index is 0.0526. The predicted octanol–water partition coefficient (Wildman–Crippen LogP) is 3.26. The lowest BCUT2D eigenvalue weighted by atomic mass is 9.79. The Labute approximate surface area is 151 Å². The first-order valence-electron chi connectivity index (χ1n) is 9.75. The number of rotatable bonds is 3. The van der Waals surface area contributed by atoms with Gasteiger partial charge in [0.25, 0.3) is 0 Å². The summed E-state index contributed by atoms with van der Waals surface area (Å²) in [6, 6.07) is 10.7. The van der Waals surface area contributed by atoms with Crippen LogP contribution >= 0.6 is 0 Å². The fraction of sp³-hybridized carbons (Fsp3) is 0.571. The van der Waals surface area contributed by atoms with Gasteiger partial charge in [0.05, 0.1) is 5.54 Å². The third-order valence-corrected chi connectivity index (χ3v) is 6.36. The van der Waals surface area contributed by atoms with Gasteiger partial charge in [-0.15, -0.1) is 0 Å². The molecule has 3 heterocycles. The van der Waals surface area contributed by atoms with Crippen molar-refractivity contribution in [1.82, 2.24) is 9.80 Å². The Balaban J connectivity index is 1.60. The SMILES string of the molecule is C=C1N2CCCC2C(=O)N(CCC)C12CCN(c1ccccc1)CC2. The summed E-state index contributed by atoms with van der Waals surface area (Å²) in [5.74, 6) is 0.347. The maximum absolute atomic E-state index is 13.2. The number of piperazine rings is 1. The zero-order chi connectivity index (χ0) is 17.4. The minimum atomic E-state index is -0.167. The molecule has 0 radical (unpaired) electrons. The van der Waals surface area contributed by atoms with Gasteiger partial charge in [-0.2, -0.15) is 0 Å². The Morgan fingerprint density at radius 1 is 1.16 bits per heavy atom. The van der Waals surface area contributed by atoms with Crippen molar-refractivity contribution < 1.29 is 4.79 Å². The molecule has 3 saturated heterocycles. The summed E-state index contributed by atoms with van der Waals surface area (Å²) < 4.78 is 0. The average Bonchev–Trinajstić information content (AvgIpc) is 3.15. The van der Waals surface area contributed by atoms with Crippen molar-refractivity contribution in [2.24, 2.45) is 0 Å². The summed E-state index contributed by atoms with van der Waals surface area (Å²) in [6.45, 7) is 10.5. The summed E-state index contributed by atoms with van der Waals surface area (Å²) in [5.41, 5.74) is 2.32. The molecular formula is C21H29N3O. The first-order valence-corrected chi connectivity index (χ1v) is 9.75. The number of carbonyl (C=O) groups is 1. The van der Waals surface area contributed by atoms with Crippen LogP contribution in [0.1, 0.15) is 39.0 Å². The van der Waals surface area contributed by atoms with Gasteiger partial charge in [0.2, 0.25) is 5.91 Å². The highest BCUT2D eigenvalue weighted by Crippen LogP contribution is 2.44. The molecule has 0 N–H and O–H groups in total. The van der Waals surface area contributed by atoms with Crippen molar-refractivity contribution in [2.75, 3.05) is 31.1 Å². The van der Waals surface area contributed by atoms with E-state index in [2.05, 4.69) is 58.5 Å². The van der Waals surface area contributed by atoms with Crippen molar-refractivity contribution in [1.29, 1.82) is 0 Å². The lowest BCUT2D eigenvalue weighted by molar-refractivity contribution is -0.148. The maximum Gasteiger partial charge on any atom is 0.246 e. The number of piperidine rings is 1. The van der Waals surface area contributed by atoms with Gasteiger partial charge >= 0.3 is 0 Å². The molecule has 134 valence electrons. The number of anilines is 1. The topological polar surface area (TPSA) is 26.8 Å². The predicted molar refractivity (Wildman–Crippen MR) is 101 cm³/mol. The highest BCUT2D eigenvalue weighted by Gasteiger charge is 2.53. The standard InChI is InChI=1S/C21H29N3O/c1-3-13-24-20(25)19-10-7-14-23(19)17(2)21(24)11-15-22(16-12-21)18-8-5-4-6-9-18/h4-6,8-9,19H,2-3,7,10-16H2,1H3. The summed E-state index contributed by atoms with van der Waals surface area (Å²) in [7, 11) is 0. The van der Waals surface area contributed by atoms with Crippen molar-refractivity contribution >= 4 is 11.6 Å². The number of para-hydroxylation sites is 1. The molecule has 3 fully saturated rings. The van der Waals surface area contributed by atoms with Crippen LogP contribution in [0, 0.1) is 0 Å². The Hall–Kier alpha value is -1.97. The van der Waals surface area contributed by atoms with Gasteiger partial charge in [0, 0.05) is 37.6 Å². The van der Waals surface area contributed by atoms with Crippen LogP contribution in [0.3, 0.4) is 0 Å². The van der Waals surface area contributed by atoms with E-state index in [-0.39, 0.29) is 11.6 Å². The molecule has 0 bridgehead atoms. The van der Waals surface area contributed by atoms with Crippen LogP contribution in [0.2, 0.25) is 0 Å². The van der Waals surface area contributed by atoms with Gasteiger partial charge in [-0.25, -0.2) is 0 Å². The number of amides is 1. The van der Waals surface area contributed by atoms with Crippen molar-refractivity contribution in [3.05, 3.63) is 42.6 Å². The van der Waals surface area contributed by atoms with Gasteiger partial charge < -0.3 is 14.7 Å². The van der Waals surface area contributed by atoms with Gasteiger partial charge in [0.1, 0.15) is 6.04 Å². The quantitative estimate of drug-likeness (QED) is 0.846. The normalized spacial score (nSPS) is 25.6.